The number of methoxy groups -OCH3 is 1. The number of hydrogen-bond donors (Lipinski definition) is 1. The van der Waals surface area contributed by atoms with Gasteiger partial charge in [0.1, 0.15) is 17.4 Å². The number of halogens is 4. The maximum absolute atomic E-state index is 14.3. The highest BCUT2D eigenvalue weighted by Crippen LogP contribution is 2.57. The van der Waals surface area contributed by atoms with Crippen LogP contribution in [0.25, 0.3) is 11.1 Å². The molecule has 1 aliphatic carbocycles. The smallest absolute Gasteiger partial charge is 0.394 e. The van der Waals surface area contributed by atoms with Crippen LogP contribution in [0.2, 0.25) is 5.02 Å². The van der Waals surface area contributed by atoms with Crippen LogP contribution in [0.15, 0.2) is 59.5 Å². The van der Waals surface area contributed by atoms with Gasteiger partial charge in [0, 0.05) is 27.9 Å². The molecule has 8 nitrogen and oxygen atoms in total. The van der Waals surface area contributed by atoms with E-state index in [2.05, 4.69) is 5.32 Å². The van der Waals surface area contributed by atoms with Crippen LogP contribution in [0.4, 0.5) is 18.9 Å². The fourth-order valence-corrected chi connectivity index (χ4v) is 5.30. The van der Waals surface area contributed by atoms with Gasteiger partial charge < -0.3 is 14.8 Å². The number of aromatic nitrogens is 1. The van der Waals surface area contributed by atoms with Crippen molar-refractivity contribution in [2.45, 2.75) is 64.3 Å². The molecule has 1 atom stereocenters. The molecule has 1 aliphatic rings. The quantitative estimate of drug-likeness (QED) is 0.262. The van der Waals surface area contributed by atoms with Crippen molar-refractivity contribution in [2.24, 2.45) is 5.41 Å². The first-order valence-electron chi connectivity index (χ1n) is 13.8. The number of esters is 1. The van der Waals surface area contributed by atoms with E-state index in [4.69, 9.17) is 21.1 Å². The Hall–Kier alpha value is -4.30. The van der Waals surface area contributed by atoms with Gasteiger partial charge in [0.2, 0.25) is 5.91 Å². The highest BCUT2D eigenvalue weighted by molar-refractivity contribution is 6.31. The molecule has 1 N–H and O–H groups in total. The summed E-state index contributed by atoms with van der Waals surface area (Å²) in [5.74, 6) is -1.39. The van der Waals surface area contributed by atoms with Gasteiger partial charge in [0.05, 0.1) is 35.9 Å². The van der Waals surface area contributed by atoms with Crippen LogP contribution in [0.3, 0.4) is 0 Å². The van der Waals surface area contributed by atoms with Crippen LogP contribution < -0.4 is 15.6 Å². The van der Waals surface area contributed by atoms with E-state index < -0.39 is 47.1 Å². The summed E-state index contributed by atoms with van der Waals surface area (Å²) in [5.41, 5.74) is -2.55. The lowest BCUT2D eigenvalue weighted by Crippen LogP contribution is -2.48. The molecular formula is C32H31ClF3N3O5. The Morgan fingerprint density at radius 3 is 2.27 bits per heavy atom. The number of alkyl halides is 3. The topological polar surface area (TPSA) is 110 Å². The third kappa shape index (κ3) is 6.91. The van der Waals surface area contributed by atoms with Crippen LogP contribution >= 0.6 is 11.6 Å². The van der Waals surface area contributed by atoms with Crippen molar-refractivity contribution in [3.63, 3.8) is 0 Å². The lowest BCUT2D eigenvalue weighted by Gasteiger charge is -2.45. The van der Waals surface area contributed by atoms with Crippen LogP contribution in [-0.2, 0) is 9.53 Å². The monoisotopic (exact) mass is 629 g/mol. The first-order valence-corrected chi connectivity index (χ1v) is 14.2. The summed E-state index contributed by atoms with van der Waals surface area (Å²) in [7, 11) is 1.30. The zero-order valence-electron chi connectivity index (χ0n) is 24.5. The standard InChI is InChI=1S/C32H31ClF3N3O5/c1-30(2,3)44-29(42)19-7-10-22(11-8-19)38-28(41)25(16-31(12-5-13-31)32(34,35)36)39-18-26(43-4)24(15-27(39)40)23-14-21(33)9-6-20(23)17-37/h6-11,14-15,18,25H,5,12-13,16H2,1-4H3,(H,38,41). The molecule has 1 fully saturated rings. The highest BCUT2D eigenvalue weighted by atomic mass is 35.5. The van der Waals surface area contributed by atoms with Crippen molar-refractivity contribution in [3.8, 4) is 22.9 Å². The number of benzene rings is 2. The largest absolute Gasteiger partial charge is 0.495 e. The highest BCUT2D eigenvalue weighted by Gasteiger charge is 2.59. The molecule has 4 rings (SSSR count). The molecule has 0 aliphatic heterocycles. The Balaban J connectivity index is 1.74. The van der Waals surface area contributed by atoms with E-state index in [1.54, 1.807) is 20.8 Å². The number of pyridine rings is 1. The fourth-order valence-electron chi connectivity index (χ4n) is 5.13. The van der Waals surface area contributed by atoms with Crippen LogP contribution in [-0.4, -0.2) is 35.3 Å². The minimum Gasteiger partial charge on any atom is -0.495 e. The molecule has 2 aromatic carbocycles. The Morgan fingerprint density at radius 1 is 1.09 bits per heavy atom. The van der Waals surface area contributed by atoms with E-state index >= 15 is 0 Å². The summed E-state index contributed by atoms with van der Waals surface area (Å²) in [6.45, 7) is 5.16. The third-order valence-corrected chi connectivity index (χ3v) is 7.81. The molecular weight excluding hydrogens is 599 g/mol. The maximum Gasteiger partial charge on any atom is 0.394 e. The minimum atomic E-state index is -4.60. The van der Waals surface area contributed by atoms with E-state index in [9.17, 15) is 32.8 Å². The molecule has 1 unspecified atom stereocenters. The summed E-state index contributed by atoms with van der Waals surface area (Å²) < 4.78 is 54.6. The van der Waals surface area contributed by atoms with Crippen molar-refractivity contribution in [2.75, 3.05) is 12.4 Å². The minimum absolute atomic E-state index is 0.0533. The number of carbonyl (C=O) groups is 2. The lowest BCUT2D eigenvalue weighted by molar-refractivity contribution is -0.255. The number of amides is 1. The third-order valence-electron chi connectivity index (χ3n) is 7.58. The van der Waals surface area contributed by atoms with E-state index in [0.29, 0.717) is 6.42 Å². The van der Waals surface area contributed by atoms with Gasteiger partial charge in [-0.1, -0.05) is 18.0 Å². The van der Waals surface area contributed by atoms with E-state index in [0.717, 1.165) is 10.6 Å². The molecule has 3 aromatic rings. The normalized spacial score (nSPS) is 15.0. The van der Waals surface area contributed by atoms with Crippen molar-refractivity contribution >= 4 is 29.2 Å². The second-order valence-electron chi connectivity index (χ2n) is 11.7. The molecule has 0 bridgehead atoms. The van der Waals surface area contributed by atoms with Gasteiger partial charge in [0.15, 0.2) is 0 Å². The summed E-state index contributed by atoms with van der Waals surface area (Å²) in [6.07, 6.45) is -4.12. The second kappa shape index (κ2) is 12.4. The van der Waals surface area contributed by atoms with Gasteiger partial charge in [-0.15, -0.1) is 0 Å². The van der Waals surface area contributed by atoms with E-state index in [-0.39, 0.29) is 51.6 Å². The van der Waals surface area contributed by atoms with Crippen molar-refractivity contribution in [3.05, 3.63) is 81.2 Å². The predicted octanol–water partition coefficient (Wildman–Crippen LogP) is 7.31. The second-order valence-corrected chi connectivity index (χ2v) is 12.2. The van der Waals surface area contributed by atoms with Gasteiger partial charge in [-0.25, -0.2) is 4.79 Å². The fraction of sp³-hybridized carbons (Fsp3) is 0.375. The molecule has 1 amide bonds. The number of ether oxygens (including phenoxy) is 2. The SMILES string of the molecule is COc1cn(C(CC2(C(F)(F)F)CCC2)C(=O)Nc2ccc(C(=O)OC(C)(C)C)cc2)c(=O)cc1-c1cc(Cl)ccc1C#N. The Morgan fingerprint density at radius 2 is 1.75 bits per heavy atom. The van der Waals surface area contributed by atoms with Crippen molar-refractivity contribution in [1.29, 1.82) is 5.26 Å². The molecule has 44 heavy (non-hydrogen) atoms. The van der Waals surface area contributed by atoms with E-state index in [1.165, 1.54) is 55.8 Å². The summed E-state index contributed by atoms with van der Waals surface area (Å²) >= 11 is 6.13. The average Bonchev–Trinajstić information content (AvgIpc) is 2.91. The zero-order chi connectivity index (χ0) is 32.4. The summed E-state index contributed by atoms with van der Waals surface area (Å²) in [5, 5.41) is 12.5. The first kappa shape index (κ1) is 32.6. The van der Waals surface area contributed by atoms with Gasteiger partial charge in [-0.05, 0) is 82.5 Å². The Bertz CT molecular complexity index is 1670. The molecule has 12 heteroatoms. The average molecular weight is 630 g/mol. The van der Waals surface area contributed by atoms with Gasteiger partial charge in [-0.3, -0.25) is 14.2 Å². The number of nitrogens with zero attached hydrogens (tertiary/aromatic N) is 2. The predicted molar refractivity (Wildman–Crippen MR) is 159 cm³/mol. The summed E-state index contributed by atoms with van der Waals surface area (Å²) in [6, 6.07) is 11.7. The van der Waals surface area contributed by atoms with E-state index in [1.807, 2.05) is 6.07 Å². The molecule has 232 valence electrons. The van der Waals surface area contributed by atoms with Gasteiger partial charge in [0.25, 0.3) is 5.56 Å². The maximum atomic E-state index is 14.3. The lowest BCUT2D eigenvalue weighted by atomic mass is 9.64. The van der Waals surface area contributed by atoms with Crippen LogP contribution in [0, 0.1) is 16.7 Å². The molecule has 0 saturated heterocycles. The number of carbonyl (C=O) groups excluding carboxylic acids is 2. The van der Waals surface area contributed by atoms with Gasteiger partial charge in [-0.2, -0.15) is 18.4 Å². The summed E-state index contributed by atoms with van der Waals surface area (Å²) in [4.78, 5) is 39.6. The molecule has 1 aromatic heterocycles. The number of nitriles is 1. The zero-order valence-corrected chi connectivity index (χ0v) is 25.3. The number of hydrogen-bond acceptors (Lipinski definition) is 6. The molecule has 0 spiro atoms. The van der Waals surface area contributed by atoms with Gasteiger partial charge >= 0.3 is 12.1 Å². The molecule has 1 saturated carbocycles. The number of anilines is 1. The Labute approximate surface area is 257 Å². The first-order chi connectivity index (χ1) is 20.6. The van der Waals surface area contributed by atoms with Crippen molar-refractivity contribution in [1.82, 2.24) is 4.57 Å². The molecule has 1 heterocycles. The molecule has 0 radical (unpaired) electrons. The number of nitrogens with one attached hydrogen (secondary N) is 1. The number of rotatable bonds is 8. The van der Waals surface area contributed by atoms with Crippen molar-refractivity contribution < 1.29 is 32.2 Å². The van der Waals surface area contributed by atoms with Crippen LogP contribution in [0.1, 0.15) is 68.4 Å². The van der Waals surface area contributed by atoms with Crippen LogP contribution in [0.5, 0.6) is 5.75 Å². The Kier molecular flexibility index (Phi) is 9.16.